The number of benzene rings is 2. The third kappa shape index (κ3) is 3.83. The molecule has 2 aromatic carbocycles. The summed E-state index contributed by atoms with van der Waals surface area (Å²) >= 11 is 0. The van der Waals surface area contributed by atoms with E-state index in [4.69, 9.17) is 4.74 Å². The highest BCUT2D eigenvalue weighted by Gasteiger charge is 2.28. The lowest BCUT2D eigenvalue weighted by atomic mass is 10.2. The number of ether oxygens (including phenoxy) is 1. The van der Waals surface area contributed by atoms with Gasteiger partial charge in [0, 0.05) is 32.1 Å². The molecule has 0 fully saturated rings. The first-order chi connectivity index (χ1) is 14.0. The summed E-state index contributed by atoms with van der Waals surface area (Å²) in [6.07, 6.45) is 0.375. The van der Waals surface area contributed by atoms with E-state index < -0.39 is 10.0 Å². The van der Waals surface area contributed by atoms with Crippen molar-refractivity contribution in [3.8, 4) is 5.75 Å². The fourth-order valence-corrected chi connectivity index (χ4v) is 4.92. The van der Waals surface area contributed by atoms with Crippen LogP contribution in [0.25, 0.3) is 0 Å². The number of hydrogen-bond acceptors (Lipinski definition) is 5. The van der Waals surface area contributed by atoms with Crippen molar-refractivity contribution in [1.82, 2.24) is 18.7 Å². The molecule has 4 rings (SSSR count). The van der Waals surface area contributed by atoms with Gasteiger partial charge in [-0.1, -0.05) is 36.4 Å². The molecule has 152 valence electrons. The zero-order valence-corrected chi connectivity index (χ0v) is 16.9. The predicted octanol–water partition coefficient (Wildman–Crippen LogP) is 1.35. The van der Waals surface area contributed by atoms with Gasteiger partial charge in [-0.25, -0.2) is 17.9 Å². The van der Waals surface area contributed by atoms with E-state index in [0.29, 0.717) is 24.5 Å². The van der Waals surface area contributed by atoms with Gasteiger partial charge in [0.15, 0.2) is 0 Å². The average molecular weight is 414 g/mol. The van der Waals surface area contributed by atoms with E-state index in [2.05, 4.69) is 5.10 Å². The van der Waals surface area contributed by atoms with Crippen LogP contribution in [0.1, 0.15) is 11.4 Å². The molecule has 8 nitrogen and oxygen atoms in total. The largest absolute Gasteiger partial charge is 0.497 e. The third-order valence-corrected chi connectivity index (χ3v) is 6.91. The molecule has 0 unspecified atom stereocenters. The quantitative estimate of drug-likeness (QED) is 0.629. The second-order valence-corrected chi connectivity index (χ2v) is 8.76. The second kappa shape index (κ2) is 7.84. The second-order valence-electron chi connectivity index (χ2n) is 6.83. The molecule has 0 bridgehead atoms. The number of fused-ring (bicyclic) bond motifs is 1. The number of rotatable bonds is 5. The van der Waals surface area contributed by atoms with Crippen LogP contribution in [0.15, 0.2) is 64.3 Å². The monoisotopic (exact) mass is 414 g/mol. The van der Waals surface area contributed by atoms with Crippen LogP contribution in [-0.2, 0) is 29.5 Å². The van der Waals surface area contributed by atoms with Crippen LogP contribution in [0.4, 0.5) is 0 Å². The van der Waals surface area contributed by atoms with Gasteiger partial charge >= 0.3 is 5.69 Å². The van der Waals surface area contributed by atoms with Crippen molar-refractivity contribution in [2.75, 3.05) is 20.2 Å². The molecule has 0 saturated heterocycles. The van der Waals surface area contributed by atoms with Crippen LogP contribution in [0, 0.1) is 0 Å². The summed E-state index contributed by atoms with van der Waals surface area (Å²) < 4.78 is 35.6. The Balaban J connectivity index is 1.55. The van der Waals surface area contributed by atoms with Crippen LogP contribution in [-0.4, -0.2) is 47.3 Å². The van der Waals surface area contributed by atoms with Gasteiger partial charge in [-0.05, 0) is 17.7 Å². The van der Waals surface area contributed by atoms with E-state index in [1.165, 1.54) is 22.2 Å². The first-order valence-electron chi connectivity index (χ1n) is 9.34. The fraction of sp³-hybridized carbons (Fsp3) is 0.300. The van der Waals surface area contributed by atoms with Crippen molar-refractivity contribution in [3.63, 3.8) is 0 Å². The van der Waals surface area contributed by atoms with Gasteiger partial charge in [-0.3, -0.25) is 4.57 Å². The minimum absolute atomic E-state index is 0.179. The normalized spacial score (nSPS) is 14.9. The molecule has 1 aromatic heterocycles. The van der Waals surface area contributed by atoms with E-state index in [9.17, 15) is 13.2 Å². The van der Waals surface area contributed by atoms with Crippen molar-refractivity contribution < 1.29 is 13.2 Å². The molecular weight excluding hydrogens is 392 g/mol. The fourth-order valence-electron chi connectivity index (χ4n) is 3.45. The smallest absolute Gasteiger partial charge is 0.346 e. The molecule has 1 aliphatic heterocycles. The Kier molecular flexibility index (Phi) is 5.25. The highest BCUT2D eigenvalue weighted by Crippen LogP contribution is 2.22. The van der Waals surface area contributed by atoms with E-state index >= 15 is 0 Å². The highest BCUT2D eigenvalue weighted by molar-refractivity contribution is 7.89. The topological polar surface area (TPSA) is 86.4 Å². The Morgan fingerprint density at radius 3 is 2.59 bits per heavy atom. The molecule has 1 aliphatic rings. The van der Waals surface area contributed by atoms with Gasteiger partial charge in [0.25, 0.3) is 0 Å². The molecule has 0 spiro atoms. The lowest BCUT2D eigenvalue weighted by Gasteiger charge is -2.20. The Morgan fingerprint density at radius 1 is 1.03 bits per heavy atom. The van der Waals surface area contributed by atoms with E-state index in [1.807, 2.05) is 30.3 Å². The van der Waals surface area contributed by atoms with Crippen molar-refractivity contribution in [2.24, 2.45) is 0 Å². The van der Waals surface area contributed by atoms with Crippen molar-refractivity contribution in [1.29, 1.82) is 0 Å². The van der Waals surface area contributed by atoms with Gasteiger partial charge in [0.1, 0.15) is 11.6 Å². The minimum Gasteiger partial charge on any atom is -0.497 e. The lowest BCUT2D eigenvalue weighted by Crippen LogP contribution is -2.35. The predicted molar refractivity (Wildman–Crippen MR) is 107 cm³/mol. The molecule has 9 heteroatoms. The number of aromatic nitrogens is 3. The van der Waals surface area contributed by atoms with Crippen molar-refractivity contribution in [3.05, 3.63) is 76.5 Å². The molecule has 0 aliphatic carbocycles. The third-order valence-electron chi connectivity index (χ3n) is 5.01. The van der Waals surface area contributed by atoms with Gasteiger partial charge in [-0.2, -0.15) is 9.40 Å². The summed E-state index contributed by atoms with van der Waals surface area (Å²) in [4.78, 5) is 12.9. The van der Waals surface area contributed by atoms with Crippen LogP contribution in [0.3, 0.4) is 0 Å². The maximum atomic E-state index is 13.0. The number of hydrogen-bond donors (Lipinski definition) is 0. The number of sulfonamides is 1. The van der Waals surface area contributed by atoms with E-state index in [1.54, 1.807) is 22.8 Å². The van der Waals surface area contributed by atoms with Gasteiger partial charge in [-0.15, -0.1) is 0 Å². The number of nitrogens with zero attached hydrogens (tertiary/aromatic N) is 4. The first kappa shape index (κ1) is 19.4. The Labute approximate surface area is 169 Å². The van der Waals surface area contributed by atoms with Crippen LogP contribution in [0.2, 0.25) is 0 Å². The first-order valence-corrected chi connectivity index (χ1v) is 10.8. The molecule has 0 N–H and O–H groups in total. The standard InChI is InChI=1S/C20H22N4O4S/c1-28-17-8-5-9-18(14-17)29(26,27)22-11-10-19-21-24(20(25)23(19)13-12-22)15-16-6-3-2-4-7-16/h2-9,14H,10-13,15H2,1H3. The zero-order chi connectivity index (χ0) is 20.4. The van der Waals surface area contributed by atoms with Crippen molar-refractivity contribution in [2.45, 2.75) is 24.4 Å². The Morgan fingerprint density at radius 2 is 1.83 bits per heavy atom. The molecule has 2 heterocycles. The molecule has 0 radical (unpaired) electrons. The average Bonchev–Trinajstić information content (AvgIpc) is 2.91. The molecule has 0 saturated carbocycles. The van der Waals surface area contributed by atoms with Gasteiger partial charge < -0.3 is 4.74 Å². The molecule has 29 heavy (non-hydrogen) atoms. The van der Waals surface area contributed by atoms with Crippen LogP contribution >= 0.6 is 0 Å². The summed E-state index contributed by atoms with van der Waals surface area (Å²) in [5.41, 5.74) is 0.773. The molecule has 0 amide bonds. The number of methoxy groups -OCH3 is 1. The van der Waals surface area contributed by atoms with Gasteiger partial charge in [0.05, 0.1) is 18.6 Å². The Hall–Kier alpha value is -2.91. The lowest BCUT2D eigenvalue weighted by molar-refractivity contribution is 0.405. The summed E-state index contributed by atoms with van der Waals surface area (Å²) in [5, 5.41) is 4.45. The van der Waals surface area contributed by atoms with Crippen LogP contribution < -0.4 is 10.4 Å². The summed E-state index contributed by atoms with van der Waals surface area (Å²) in [5.74, 6) is 1.09. The summed E-state index contributed by atoms with van der Waals surface area (Å²) in [7, 11) is -2.18. The van der Waals surface area contributed by atoms with E-state index in [-0.39, 0.29) is 30.2 Å². The zero-order valence-electron chi connectivity index (χ0n) is 16.1. The SMILES string of the molecule is COc1cccc(S(=O)(=O)N2CCc3nn(Cc4ccccc4)c(=O)n3CC2)c1. The Bertz CT molecular complexity index is 1170. The maximum absolute atomic E-state index is 13.0. The van der Waals surface area contributed by atoms with Crippen LogP contribution in [0.5, 0.6) is 5.75 Å². The minimum atomic E-state index is -3.68. The van der Waals surface area contributed by atoms with Crippen molar-refractivity contribution >= 4 is 10.0 Å². The highest BCUT2D eigenvalue weighted by atomic mass is 32.2. The molecule has 3 aromatic rings. The molecular formula is C20H22N4O4S. The van der Waals surface area contributed by atoms with Gasteiger partial charge in [0.2, 0.25) is 10.0 Å². The summed E-state index contributed by atoms with van der Waals surface area (Å²) in [6.45, 7) is 1.14. The summed E-state index contributed by atoms with van der Waals surface area (Å²) in [6, 6.07) is 16.1. The molecule has 0 atom stereocenters. The maximum Gasteiger partial charge on any atom is 0.346 e. The van der Waals surface area contributed by atoms with E-state index in [0.717, 1.165) is 5.56 Å².